The molecule has 0 spiro atoms. The van der Waals surface area contributed by atoms with Crippen LogP contribution in [0, 0.1) is 0 Å². The number of carbonyl (C=O) groups excluding carboxylic acids is 2. The Kier molecular flexibility index (Phi) is 4.68. The zero-order chi connectivity index (χ0) is 13.7. The average Bonchev–Trinajstić information content (AvgIpc) is 2.48. The molecule has 0 aliphatic carbocycles. The molecule has 102 valence electrons. The molecule has 4 heteroatoms. The van der Waals surface area contributed by atoms with Crippen LogP contribution in [0.5, 0.6) is 0 Å². The van der Waals surface area contributed by atoms with Gasteiger partial charge in [0.2, 0.25) is 5.78 Å². The standard InChI is InChI=1S/C15H20N2O2/c1-2-12-3-5-13(6-4-12)11-14(18)15(19)17-9-7-16-8-10-17/h3-6,16H,2,7-11H2,1H3. The number of nitrogens with zero attached hydrogens (tertiary/aromatic N) is 1. The maximum atomic E-state index is 12.0. The number of piperazine rings is 1. The van der Waals surface area contributed by atoms with Crippen molar-refractivity contribution in [2.75, 3.05) is 26.2 Å². The van der Waals surface area contributed by atoms with E-state index in [0.717, 1.165) is 25.1 Å². The quantitative estimate of drug-likeness (QED) is 0.814. The second-order valence-corrected chi connectivity index (χ2v) is 4.81. The number of aryl methyl sites for hydroxylation is 1. The summed E-state index contributed by atoms with van der Waals surface area (Å²) in [6, 6.07) is 7.89. The first-order valence-corrected chi connectivity index (χ1v) is 6.81. The Morgan fingerprint density at radius 3 is 2.26 bits per heavy atom. The molecule has 1 aliphatic heterocycles. The summed E-state index contributed by atoms with van der Waals surface area (Å²) in [6.07, 6.45) is 1.18. The summed E-state index contributed by atoms with van der Waals surface area (Å²) < 4.78 is 0. The predicted octanol–water partition coefficient (Wildman–Crippen LogP) is 0.792. The lowest BCUT2D eigenvalue weighted by Crippen LogP contribution is -2.49. The molecule has 0 unspecified atom stereocenters. The highest BCUT2D eigenvalue weighted by atomic mass is 16.2. The molecule has 1 N–H and O–H groups in total. The third kappa shape index (κ3) is 3.64. The van der Waals surface area contributed by atoms with Gasteiger partial charge >= 0.3 is 0 Å². The van der Waals surface area contributed by atoms with Gasteiger partial charge in [-0.3, -0.25) is 9.59 Å². The molecule has 0 radical (unpaired) electrons. The van der Waals surface area contributed by atoms with E-state index in [9.17, 15) is 9.59 Å². The summed E-state index contributed by atoms with van der Waals surface area (Å²) >= 11 is 0. The minimum Gasteiger partial charge on any atom is -0.334 e. The highest BCUT2D eigenvalue weighted by Crippen LogP contribution is 2.07. The van der Waals surface area contributed by atoms with Crippen molar-refractivity contribution >= 4 is 11.7 Å². The van der Waals surface area contributed by atoms with Crippen molar-refractivity contribution in [3.05, 3.63) is 35.4 Å². The highest BCUT2D eigenvalue weighted by molar-refractivity contribution is 6.36. The lowest BCUT2D eigenvalue weighted by atomic mass is 10.0. The molecule has 1 saturated heterocycles. The van der Waals surface area contributed by atoms with Gasteiger partial charge in [0.05, 0.1) is 0 Å². The molecule has 1 aliphatic rings. The number of hydrogen-bond acceptors (Lipinski definition) is 3. The Morgan fingerprint density at radius 1 is 1.11 bits per heavy atom. The van der Waals surface area contributed by atoms with E-state index in [-0.39, 0.29) is 18.1 Å². The number of hydrogen-bond donors (Lipinski definition) is 1. The lowest BCUT2D eigenvalue weighted by molar-refractivity contribution is -0.144. The van der Waals surface area contributed by atoms with E-state index in [2.05, 4.69) is 12.2 Å². The Bertz CT molecular complexity index is 448. The zero-order valence-corrected chi connectivity index (χ0v) is 11.3. The van der Waals surface area contributed by atoms with E-state index < -0.39 is 0 Å². The maximum Gasteiger partial charge on any atom is 0.290 e. The van der Waals surface area contributed by atoms with Crippen LogP contribution in [0.3, 0.4) is 0 Å². The molecular weight excluding hydrogens is 240 g/mol. The maximum absolute atomic E-state index is 12.0. The Hall–Kier alpha value is -1.68. The van der Waals surface area contributed by atoms with Gasteiger partial charge in [0.15, 0.2) is 0 Å². The van der Waals surface area contributed by atoms with Crippen molar-refractivity contribution < 1.29 is 9.59 Å². The molecule has 0 atom stereocenters. The summed E-state index contributed by atoms with van der Waals surface area (Å²) in [5, 5.41) is 3.17. The predicted molar refractivity (Wildman–Crippen MR) is 74.0 cm³/mol. The van der Waals surface area contributed by atoms with Crippen LogP contribution in [0.15, 0.2) is 24.3 Å². The van der Waals surface area contributed by atoms with Gasteiger partial charge in [-0.2, -0.15) is 0 Å². The number of carbonyl (C=O) groups is 2. The fraction of sp³-hybridized carbons (Fsp3) is 0.467. The van der Waals surface area contributed by atoms with Crippen molar-refractivity contribution in [2.24, 2.45) is 0 Å². The highest BCUT2D eigenvalue weighted by Gasteiger charge is 2.22. The van der Waals surface area contributed by atoms with Gasteiger partial charge in [0.25, 0.3) is 5.91 Å². The van der Waals surface area contributed by atoms with Gasteiger partial charge in [-0.15, -0.1) is 0 Å². The molecule has 0 saturated carbocycles. The van der Waals surface area contributed by atoms with E-state index in [1.807, 2.05) is 24.3 Å². The summed E-state index contributed by atoms with van der Waals surface area (Å²) in [7, 11) is 0. The van der Waals surface area contributed by atoms with E-state index in [4.69, 9.17) is 0 Å². The Morgan fingerprint density at radius 2 is 1.68 bits per heavy atom. The van der Waals surface area contributed by atoms with E-state index in [1.54, 1.807) is 4.90 Å². The van der Waals surface area contributed by atoms with Crippen LogP contribution in [-0.4, -0.2) is 42.8 Å². The second kappa shape index (κ2) is 6.48. The lowest BCUT2D eigenvalue weighted by Gasteiger charge is -2.26. The molecule has 1 amide bonds. The molecule has 1 fully saturated rings. The molecule has 0 bridgehead atoms. The first-order valence-electron chi connectivity index (χ1n) is 6.81. The van der Waals surface area contributed by atoms with Crippen LogP contribution in [-0.2, 0) is 22.4 Å². The topological polar surface area (TPSA) is 49.4 Å². The van der Waals surface area contributed by atoms with Gasteiger partial charge in [0, 0.05) is 32.6 Å². The van der Waals surface area contributed by atoms with E-state index in [1.165, 1.54) is 5.56 Å². The van der Waals surface area contributed by atoms with E-state index >= 15 is 0 Å². The van der Waals surface area contributed by atoms with Crippen molar-refractivity contribution in [2.45, 2.75) is 19.8 Å². The molecule has 1 heterocycles. The van der Waals surface area contributed by atoms with Gasteiger partial charge in [-0.05, 0) is 17.5 Å². The van der Waals surface area contributed by atoms with Crippen LogP contribution >= 0.6 is 0 Å². The number of rotatable bonds is 4. The SMILES string of the molecule is CCc1ccc(CC(=O)C(=O)N2CCNCC2)cc1. The number of benzene rings is 1. The van der Waals surface area contributed by atoms with Crippen molar-refractivity contribution in [3.63, 3.8) is 0 Å². The van der Waals surface area contributed by atoms with Crippen molar-refractivity contribution in [3.8, 4) is 0 Å². The van der Waals surface area contributed by atoms with Crippen LogP contribution in [0.1, 0.15) is 18.1 Å². The summed E-state index contributed by atoms with van der Waals surface area (Å²) in [5.74, 6) is -0.660. The first-order chi connectivity index (χ1) is 9.20. The fourth-order valence-electron chi connectivity index (χ4n) is 2.20. The monoisotopic (exact) mass is 260 g/mol. The summed E-state index contributed by atoms with van der Waals surface area (Å²) in [4.78, 5) is 25.6. The molecule has 1 aromatic carbocycles. The summed E-state index contributed by atoms with van der Waals surface area (Å²) in [5.41, 5.74) is 2.15. The van der Waals surface area contributed by atoms with Gasteiger partial charge in [-0.25, -0.2) is 0 Å². The van der Waals surface area contributed by atoms with Crippen molar-refractivity contribution in [1.82, 2.24) is 10.2 Å². The van der Waals surface area contributed by atoms with Gasteiger partial charge < -0.3 is 10.2 Å². The third-order valence-electron chi connectivity index (χ3n) is 3.44. The molecule has 1 aromatic rings. The second-order valence-electron chi connectivity index (χ2n) is 4.81. The fourth-order valence-corrected chi connectivity index (χ4v) is 2.20. The molecule has 0 aromatic heterocycles. The molecule has 4 nitrogen and oxygen atoms in total. The smallest absolute Gasteiger partial charge is 0.290 e. The van der Waals surface area contributed by atoms with Gasteiger partial charge in [-0.1, -0.05) is 31.2 Å². The number of nitrogens with one attached hydrogen (secondary N) is 1. The summed E-state index contributed by atoms with van der Waals surface area (Å²) in [6.45, 7) is 4.88. The Balaban J connectivity index is 1.93. The van der Waals surface area contributed by atoms with E-state index in [0.29, 0.717) is 13.1 Å². The average molecular weight is 260 g/mol. The minimum atomic E-state index is -0.346. The largest absolute Gasteiger partial charge is 0.334 e. The molecular formula is C15H20N2O2. The molecule has 2 rings (SSSR count). The normalized spacial score (nSPS) is 15.3. The first kappa shape index (κ1) is 13.7. The van der Waals surface area contributed by atoms with Gasteiger partial charge in [0.1, 0.15) is 0 Å². The number of ketones is 1. The number of Topliss-reactive ketones (excluding diaryl/α,β-unsaturated/α-hetero) is 1. The number of amides is 1. The van der Waals surface area contributed by atoms with Crippen LogP contribution in [0.25, 0.3) is 0 Å². The zero-order valence-electron chi connectivity index (χ0n) is 11.3. The minimum absolute atomic E-state index is 0.201. The molecule has 19 heavy (non-hydrogen) atoms. The third-order valence-corrected chi connectivity index (χ3v) is 3.44. The van der Waals surface area contributed by atoms with Crippen LogP contribution < -0.4 is 5.32 Å². The van der Waals surface area contributed by atoms with Crippen LogP contribution in [0.4, 0.5) is 0 Å². The Labute approximate surface area is 113 Å². The van der Waals surface area contributed by atoms with Crippen molar-refractivity contribution in [1.29, 1.82) is 0 Å². The van der Waals surface area contributed by atoms with Crippen LogP contribution in [0.2, 0.25) is 0 Å².